The van der Waals surface area contributed by atoms with Crippen LogP contribution in [0.2, 0.25) is 17.3 Å². The second-order valence-electron chi connectivity index (χ2n) is 5.32. The molecule has 0 amide bonds. The van der Waals surface area contributed by atoms with Gasteiger partial charge in [-0.05, 0) is 0 Å². The number of allylic oxidation sites excluding steroid dienone is 1. The fraction of sp³-hybridized carbons (Fsp3) is 0.357. The molecule has 0 atom stereocenters. The molecule has 0 bridgehead atoms. The van der Waals surface area contributed by atoms with Crippen LogP contribution in [-0.2, 0) is 11.2 Å². The zero-order valence-corrected chi connectivity index (χ0v) is 13.0. The van der Waals surface area contributed by atoms with Crippen molar-refractivity contribution in [1.82, 2.24) is 0 Å². The van der Waals surface area contributed by atoms with Crippen molar-refractivity contribution in [1.29, 1.82) is 0 Å². The Labute approximate surface area is 106 Å². The van der Waals surface area contributed by atoms with E-state index in [1.807, 2.05) is 18.2 Å². The summed E-state index contributed by atoms with van der Waals surface area (Å²) in [4.78, 5) is 11.1. The Morgan fingerprint density at radius 2 is 1.71 bits per heavy atom. The minimum atomic E-state index is -2.11. The quantitative estimate of drug-likeness (QED) is 0.681. The van der Waals surface area contributed by atoms with Gasteiger partial charge < -0.3 is 0 Å². The summed E-state index contributed by atoms with van der Waals surface area (Å²) < 4.78 is 1.17. The average Bonchev–Trinajstić information content (AvgIpc) is 2.24. The molecule has 3 heteroatoms. The fourth-order valence-electron chi connectivity index (χ4n) is 1.89. The SMILES string of the molecule is C/C(C(=O)O)=[C](\Cc1ccccc1)[Ge]([CH3])([CH3])[CH3]. The molecule has 0 radical (unpaired) electrons. The molecule has 0 aliphatic rings. The summed E-state index contributed by atoms with van der Waals surface area (Å²) in [5, 5.41) is 9.17. The molecule has 92 valence electrons. The zero-order valence-electron chi connectivity index (χ0n) is 10.9. The maximum absolute atomic E-state index is 11.1. The monoisotopic (exact) mass is 294 g/mol. The Morgan fingerprint density at radius 1 is 1.18 bits per heavy atom. The first kappa shape index (κ1) is 14.0. The van der Waals surface area contributed by atoms with Crippen LogP contribution in [0.4, 0.5) is 0 Å². The summed E-state index contributed by atoms with van der Waals surface area (Å²) in [6, 6.07) is 10.1. The van der Waals surface area contributed by atoms with E-state index in [-0.39, 0.29) is 0 Å². The fourth-order valence-corrected chi connectivity index (χ4v) is 6.01. The second-order valence-corrected chi connectivity index (χ2v) is 16.0. The summed E-state index contributed by atoms with van der Waals surface area (Å²) in [6.45, 7) is 1.73. The van der Waals surface area contributed by atoms with E-state index in [1.165, 1.54) is 9.97 Å². The Hall–Kier alpha value is -1.03. The van der Waals surface area contributed by atoms with Gasteiger partial charge in [0, 0.05) is 0 Å². The van der Waals surface area contributed by atoms with E-state index in [1.54, 1.807) is 6.92 Å². The first-order valence-corrected chi connectivity index (χ1v) is 13.1. The van der Waals surface area contributed by atoms with E-state index in [0.717, 1.165) is 6.42 Å². The third-order valence-electron chi connectivity index (χ3n) is 2.90. The van der Waals surface area contributed by atoms with E-state index in [9.17, 15) is 4.79 Å². The van der Waals surface area contributed by atoms with Crippen LogP contribution in [0.15, 0.2) is 40.3 Å². The molecule has 1 rings (SSSR count). The molecule has 0 saturated carbocycles. The van der Waals surface area contributed by atoms with Gasteiger partial charge in [0.25, 0.3) is 0 Å². The molecule has 0 heterocycles. The molecule has 17 heavy (non-hydrogen) atoms. The predicted octanol–water partition coefficient (Wildman–Crippen LogP) is 3.51. The van der Waals surface area contributed by atoms with E-state index in [4.69, 9.17) is 5.11 Å². The van der Waals surface area contributed by atoms with Crippen molar-refractivity contribution < 1.29 is 9.90 Å². The third kappa shape index (κ3) is 4.04. The number of aliphatic carboxylic acids is 1. The van der Waals surface area contributed by atoms with Gasteiger partial charge in [0.2, 0.25) is 0 Å². The van der Waals surface area contributed by atoms with Crippen LogP contribution in [0.1, 0.15) is 12.5 Å². The molecular formula is C14H20GeO2. The number of benzene rings is 1. The molecule has 1 N–H and O–H groups in total. The molecule has 0 aliphatic carbocycles. The first-order chi connectivity index (χ1) is 7.82. The number of carbonyl (C=O) groups is 1. The molecule has 1 aromatic carbocycles. The Bertz CT molecular complexity index is 427. The van der Waals surface area contributed by atoms with Gasteiger partial charge in [0.05, 0.1) is 0 Å². The molecule has 0 aliphatic heterocycles. The molecule has 0 unspecified atom stereocenters. The number of hydrogen-bond donors (Lipinski definition) is 1. The third-order valence-corrected chi connectivity index (χ3v) is 7.86. The number of carboxylic acids is 1. The minimum absolute atomic E-state index is 0.543. The topological polar surface area (TPSA) is 37.3 Å². The van der Waals surface area contributed by atoms with Crippen LogP contribution in [0.25, 0.3) is 0 Å². The molecule has 0 fully saturated rings. The number of hydrogen-bond acceptors (Lipinski definition) is 1. The Kier molecular flexibility index (Phi) is 4.57. The van der Waals surface area contributed by atoms with Gasteiger partial charge in [-0.25, -0.2) is 0 Å². The van der Waals surface area contributed by atoms with Crippen LogP contribution in [0.3, 0.4) is 0 Å². The van der Waals surface area contributed by atoms with E-state index < -0.39 is 19.2 Å². The normalized spacial score (nSPS) is 13.2. The molecule has 0 spiro atoms. The predicted molar refractivity (Wildman–Crippen MR) is 73.8 cm³/mol. The molecule has 0 saturated heterocycles. The van der Waals surface area contributed by atoms with Crippen molar-refractivity contribution in [3.8, 4) is 0 Å². The zero-order chi connectivity index (χ0) is 13.1. The summed E-state index contributed by atoms with van der Waals surface area (Å²) in [7, 11) is 0. The van der Waals surface area contributed by atoms with Crippen molar-refractivity contribution in [3.63, 3.8) is 0 Å². The van der Waals surface area contributed by atoms with Gasteiger partial charge in [-0.3, -0.25) is 0 Å². The maximum atomic E-state index is 11.1. The number of rotatable bonds is 4. The van der Waals surface area contributed by atoms with Crippen LogP contribution in [0, 0.1) is 0 Å². The average molecular weight is 293 g/mol. The van der Waals surface area contributed by atoms with Gasteiger partial charge in [0.15, 0.2) is 0 Å². The van der Waals surface area contributed by atoms with Crippen LogP contribution >= 0.6 is 0 Å². The van der Waals surface area contributed by atoms with E-state index in [2.05, 4.69) is 29.4 Å². The molecule has 2 nitrogen and oxygen atoms in total. The summed E-state index contributed by atoms with van der Waals surface area (Å²) in [5.74, 6) is 5.94. The molecule has 1 aromatic rings. The van der Waals surface area contributed by atoms with Gasteiger partial charge in [-0.15, -0.1) is 0 Å². The van der Waals surface area contributed by atoms with Crippen molar-refractivity contribution in [2.75, 3.05) is 0 Å². The van der Waals surface area contributed by atoms with Crippen molar-refractivity contribution in [2.24, 2.45) is 0 Å². The number of carboxylic acid groups (broad SMARTS) is 1. The summed E-state index contributed by atoms with van der Waals surface area (Å²) in [5.41, 5.74) is 1.74. The van der Waals surface area contributed by atoms with E-state index in [0.29, 0.717) is 5.57 Å². The van der Waals surface area contributed by atoms with Crippen LogP contribution < -0.4 is 0 Å². The van der Waals surface area contributed by atoms with Gasteiger partial charge in [-0.2, -0.15) is 0 Å². The van der Waals surface area contributed by atoms with Gasteiger partial charge in [0.1, 0.15) is 0 Å². The van der Waals surface area contributed by atoms with Crippen molar-refractivity contribution >= 4 is 19.2 Å². The van der Waals surface area contributed by atoms with E-state index >= 15 is 0 Å². The summed E-state index contributed by atoms with van der Waals surface area (Å²) >= 11 is -2.11. The summed E-state index contributed by atoms with van der Waals surface area (Å²) in [6.07, 6.45) is 0.780. The van der Waals surface area contributed by atoms with Crippen molar-refractivity contribution in [2.45, 2.75) is 30.6 Å². The standard InChI is InChI=1S/C14H20GeO2/c1-11(14(16)17)13(15(2,3)4)10-12-8-6-5-7-9-12/h5-9H,10H2,1-4H3,(H,16,17)/b13-11-. The molecular weight excluding hydrogens is 273 g/mol. The van der Waals surface area contributed by atoms with Gasteiger partial charge >= 0.3 is 106 Å². The van der Waals surface area contributed by atoms with Gasteiger partial charge in [-0.1, -0.05) is 0 Å². The molecule has 0 aromatic heterocycles. The van der Waals surface area contributed by atoms with Crippen molar-refractivity contribution in [3.05, 3.63) is 45.9 Å². The van der Waals surface area contributed by atoms with Crippen LogP contribution in [0.5, 0.6) is 0 Å². The second kappa shape index (κ2) is 5.54. The van der Waals surface area contributed by atoms with Crippen LogP contribution in [-0.4, -0.2) is 24.3 Å². The Morgan fingerprint density at radius 3 is 2.12 bits per heavy atom. The first-order valence-electron chi connectivity index (χ1n) is 5.80. The Balaban J connectivity index is 3.11.